The Balaban J connectivity index is 2.28. The molecule has 0 saturated heterocycles. The van der Waals surface area contributed by atoms with Crippen LogP contribution in [-0.4, -0.2) is 30.0 Å². The van der Waals surface area contributed by atoms with Crippen LogP contribution in [0.5, 0.6) is 0 Å². The third kappa shape index (κ3) is 3.22. The minimum absolute atomic E-state index is 0.0905. The number of aliphatic hydroxyl groups is 1. The Morgan fingerprint density at radius 3 is 2.56 bits per heavy atom. The second-order valence-electron chi connectivity index (χ2n) is 6.12. The quantitative estimate of drug-likeness (QED) is 0.775. The molecule has 0 unspecified atom stereocenters. The molecule has 0 radical (unpaired) electrons. The van der Waals surface area contributed by atoms with E-state index in [1.165, 1.54) is 0 Å². The molecule has 0 fully saturated rings. The zero-order valence-electron chi connectivity index (χ0n) is 13.5. The molecule has 11 heteroatoms. The number of nitrogens with zero attached hydrogens (tertiary/aromatic N) is 1. The van der Waals surface area contributed by atoms with Gasteiger partial charge in [-0.25, -0.2) is 34.8 Å². The molecule has 1 aliphatic rings. The molecule has 0 aliphatic heterocycles. The summed E-state index contributed by atoms with van der Waals surface area (Å²) in [6, 6.07) is 0.617. The summed E-state index contributed by atoms with van der Waals surface area (Å²) in [4.78, 5) is -0.852. The second-order valence-corrected chi connectivity index (χ2v) is 8.01. The smallest absolute Gasteiger partial charge is 0.278 e. The molecule has 0 spiro atoms. The van der Waals surface area contributed by atoms with Crippen LogP contribution in [0.1, 0.15) is 35.8 Å². The zero-order chi connectivity index (χ0) is 20.1. The molecular formula is C16H13F6NO3S. The molecule has 27 heavy (non-hydrogen) atoms. The normalized spacial score (nSPS) is 19.3. The van der Waals surface area contributed by atoms with E-state index in [-0.39, 0.29) is 11.4 Å². The Bertz CT molecular complexity index is 986. The van der Waals surface area contributed by atoms with Crippen molar-refractivity contribution in [3.8, 4) is 5.69 Å². The van der Waals surface area contributed by atoms with Gasteiger partial charge >= 0.3 is 0 Å². The zero-order valence-corrected chi connectivity index (χ0v) is 14.3. The number of hydrogen-bond donors (Lipinski definition) is 1. The van der Waals surface area contributed by atoms with E-state index in [0.29, 0.717) is 0 Å². The van der Waals surface area contributed by atoms with Crippen molar-refractivity contribution < 1.29 is 39.9 Å². The minimum Gasteiger partial charge on any atom is -0.382 e. The fourth-order valence-electron chi connectivity index (χ4n) is 3.10. The van der Waals surface area contributed by atoms with Gasteiger partial charge in [-0.05, 0) is 24.6 Å². The molecule has 148 valence electrons. The topological polar surface area (TPSA) is 59.3 Å². The predicted molar refractivity (Wildman–Crippen MR) is 82.1 cm³/mol. The molecule has 1 aliphatic carbocycles. The fraction of sp³-hybridized carbons (Fsp3) is 0.375. The van der Waals surface area contributed by atoms with Gasteiger partial charge in [0, 0.05) is 29.6 Å². The van der Waals surface area contributed by atoms with Crippen molar-refractivity contribution in [3.05, 3.63) is 47.0 Å². The SMILES string of the molecule is O=S(=O)(CF)c1cn(-c2ccc(F)c(C(F)F)c2)c2c1[C@@H](O)C(F)(F)CC2. The van der Waals surface area contributed by atoms with Gasteiger partial charge in [-0.3, -0.25) is 0 Å². The van der Waals surface area contributed by atoms with Crippen LogP contribution < -0.4 is 0 Å². The van der Waals surface area contributed by atoms with E-state index in [1.54, 1.807) is 0 Å². The van der Waals surface area contributed by atoms with Crippen LogP contribution in [0, 0.1) is 5.82 Å². The lowest BCUT2D eigenvalue weighted by Crippen LogP contribution is -2.33. The number of hydrogen-bond acceptors (Lipinski definition) is 3. The van der Waals surface area contributed by atoms with Gasteiger partial charge < -0.3 is 9.67 Å². The number of alkyl halides is 5. The van der Waals surface area contributed by atoms with Gasteiger partial charge in [-0.1, -0.05) is 0 Å². The molecule has 0 bridgehead atoms. The molecule has 1 aromatic carbocycles. The summed E-state index contributed by atoms with van der Waals surface area (Å²) in [7, 11) is -4.65. The first kappa shape index (κ1) is 19.7. The summed E-state index contributed by atoms with van der Waals surface area (Å²) >= 11 is 0. The summed E-state index contributed by atoms with van der Waals surface area (Å²) in [5.74, 6) is -4.84. The van der Waals surface area contributed by atoms with Crippen molar-refractivity contribution in [1.82, 2.24) is 4.57 Å². The third-order valence-electron chi connectivity index (χ3n) is 4.45. The standard InChI is InChI=1S/C16H13F6NO3S/c17-7-27(25,26)12-6-23(8-1-2-10(18)9(5-8)15(19)20)11-3-4-16(21,22)14(24)13(11)12/h1-2,5-6,14-15,24H,3-4,7H2/t14-/m1/s1. The van der Waals surface area contributed by atoms with Gasteiger partial charge in [0.05, 0.1) is 10.5 Å². The predicted octanol–water partition coefficient (Wildman–Crippen LogP) is 3.87. The minimum atomic E-state index is -4.65. The van der Waals surface area contributed by atoms with Crippen molar-refractivity contribution in [3.63, 3.8) is 0 Å². The molecule has 2 aromatic rings. The molecule has 1 N–H and O–H groups in total. The second kappa shape index (κ2) is 6.55. The molecule has 4 nitrogen and oxygen atoms in total. The maximum absolute atomic E-state index is 13.9. The highest BCUT2D eigenvalue weighted by molar-refractivity contribution is 7.91. The fourth-order valence-corrected chi connectivity index (χ4v) is 4.05. The van der Waals surface area contributed by atoms with Crippen molar-refractivity contribution >= 4 is 9.84 Å². The highest BCUT2D eigenvalue weighted by Gasteiger charge is 2.47. The molecule has 1 atom stereocenters. The van der Waals surface area contributed by atoms with E-state index in [1.807, 2.05) is 0 Å². The van der Waals surface area contributed by atoms with E-state index in [0.717, 1.165) is 29.0 Å². The average Bonchev–Trinajstić information content (AvgIpc) is 2.99. The third-order valence-corrected chi connectivity index (χ3v) is 5.74. The molecule has 1 aromatic heterocycles. The van der Waals surface area contributed by atoms with E-state index < -0.39 is 69.0 Å². The summed E-state index contributed by atoms with van der Waals surface area (Å²) in [6.07, 6.45) is -6.12. The lowest BCUT2D eigenvalue weighted by atomic mass is 9.91. The maximum Gasteiger partial charge on any atom is 0.278 e. The number of benzene rings is 1. The number of sulfone groups is 1. The lowest BCUT2D eigenvalue weighted by Gasteiger charge is -2.29. The van der Waals surface area contributed by atoms with E-state index in [2.05, 4.69) is 0 Å². The summed E-state index contributed by atoms with van der Waals surface area (Å²) in [5.41, 5.74) is -1.86. The number of rotatable bonds is 4. The van der Waals surface area contributed by atoms with Gasteiger partial charge in [0.15, 0.2) is 6.01 Å². The number of fused-ring (bicyclic) bond motifs is 1. The first-order chi connectivity index (χ1) is 12.5. The van der Waals surface area contributed by atoms with Gasteiger partial charge in [0.2, 0.25) is 9.84 Å². The van der Waals surface area contributed by atoms with Gasteiger partial charge in [-0.15, -0.1) is 0 Å². The molecule has 0 saturated carbocycles. The Labute approximate surface area is 150 Å². The Morgan fingerprint density at radius 2 is 1.96 bits per heavy atom. The van der Waals surface area contributed by atoms with Crippen LogP contribution in [0.25, 0.3) is 5.69 Å². The van der Waals surface area contributed by atoms with Gasteiger partial charge in [0.25, 0.3) is 12.3 Å². The highest BCUT2D eigenvalue weighted by Crippen LogP contribution is 2.45. The number of aromatic nitrogens is 1. The molecule has 3 rings (SSSR count). The van der Waals surface area contributed by atoms with E-state index in [4.69, 9.17) is 0 Å². The highest BCUT2D eigenvalue weighted by atomic mass is 32.2. The monoisotopic (exact) mass is 413 g/mol. The van der Waals surface area contributed by atoms with Crippen molar-refractivity contribution in [2.45, 2.75) is 36.2 Å². The van der Waals surface area contributed by atoms with E-state index >= 15 is 0 Å². The van der Waals surface area contributed by atoms with Crippen LogP contribution in [-0.2, 0) is 16.3 Å². The number of halogens is 6. The van der Waals surface area contributed by atoms with Crippen LogP contribution >= 0.6 is 0 Å². The van der Waals surface area contributed by atoms with Crippen LogP contribution in [0.2, 0.25) is 0 Å². The Morgan fingerprint density at radius 1 is 1.30 bits per heavy atom. The maximum atomic E-state index is 13.9. The lowest BCUT2D eigenvalue weighted by molar-refractivity contribution is -0.123. The van der Waals surface area contributed by atoms with Crippen LogP contribution in [0.3, 0.4) is 0 Å². The summed E-state index contributed by atoms with van der Waals surface area (Å²) in [5, 5.41) is 9.95. The summed E-state index contributed by atoms with van der Waals surface area (Å²) < 4.78 is 105. The van der Waals surface area contributed by atoms with Gasteiger partial charge in [0.1, 0.15) is 11.9 Å². The largest absolute Gasteiger partial charge is 0.382 e. The van der Waals surface area contributed by atoms with Crippen molar-refractivity contribution in [2.24, 2.45) is 0 Å². The van der Waals surface area contributed by atoms with Crippen LogP contribution in [0.15, 0.2) is 29.3 Å². The van der Waals surface area contributed by atoms with Gasteiger partial charge in [-0.2, -0.15) is 0 Å². The molecule has 1 heterocycles. The Kier molecular flexibility index (Phi) is 4.79. The first-order valence-corrected chi connectivity index (χ1v) is 9.31. The molecule has 0 amide bonds. The summed E-state index contributed by atoms with van der Waals surface area (Å²) in [6.45, 7) is 0. The first-order valence-electron chi connectivity index (χ1n) is 7.66. The van der Waals surface area contributed by atoms with E-state index in [9.17, 15) is 39.9 Å². The van der Waals surface area contributed by atoms with Crippen molar-refractivity contribution in [2.75, 3.05) is 6.01 Å². The number of aliphatic hydroxyl groups excluding tert-OH is 1. The molecular weight excluding hydrogens is 400 g/mol. The average molecular weight is 413 g/mol. The van der Waals surface area contributed by atoms with Crippen molar-refractivity contribution in [1.29, 1.82) is 0 Å². The van der Waals surface area contributed by atoms with Crippen LogP contribution in [0.4, 0.5) is 26.3 Å². The Hall–Kier alpha value is -2.01.